The Morgan fingerprint density at radius 3 is 1.33 bits per heavy atom. The van der Waals surface area contributed by atoms with Crippen LogP contribution < -0.4 is 0 Å². The number of hydrogen-bond acceptors (Lipinski definition) is 4. The Morgan fingerprint density at radius 1 is 0.722 bits per heavy atom. The maximum atomic E-state index is 12.0. The van der Waals surface area contributed by atoms with Gasteiger partial charge in [-0.1, -0.05) is 24.3 Å². The second-order valence-electron chi connectivity index (χ2n) is 5.18. The van der Waals surface area contributed by atoms with Crippen LogP contribution in [0.1, 0.15) is 0 Å². The molecule has 4 rings (SSSR count). The first-order chi connectivity index (χ1) is 8.69. The standard InChI is InChI=1S/C14H16O4/c1-17-13(15)11-9-5-6-10(8-4-3-7(8)9)12(11)14(16)18-2/h3-12H,1-2H3/t7-,8-,9+,10+,11-,12+/m1/s1. The van der Waals surface area contributed by atoms with Crippen molar-refractivity contribution in [2.45, 2.75) is 0 Å². The molecule has 96 valence electrons. The Morgan fingerprint density at radius 2 is 1.06 bits per heavy atom. The largest absolute Gasteiger partial charge is 0.469 e. The molecule has 4 nitrogen and oxygen atoms in total. The highest BCUT2D eigenvalue weighted by atomic mass is 16.5. The van der Waals surface area contributed by atoms with Crippen LogP contribution in [0.2, 0.25) is 0 Å². The number of esters is 2. The highest BCUT2D eigenvalue weighted by Crippen LogP contribution is 2.56. The number of carbonyl (C=O) groups excluding carboxylic acids is 2. The summed E-state index contributed by atoms with van der Waals surface area (Å²) < 4.78 is 9.74. The van der Waals surface area contributed by atoms with Crippen LogP contribution in [0, 0.1) is 35.5 Å². The van der Waals surface area contributed by atoms with Gasteiger partial charge in [0.15, 0.2) is 0 Å². The van der Waals surface area contributed by atoms with Gasteiger partial charge in [0.1, 0.15) is 0 Å². The van der Waals surface area contributed by atoms with Gasteiger partial charge in [0.25, 0.3) is 0 Å². The number of fused-ring (bicyclic) bond motifs is 1. The molecule has 0 spiro atoms. The van der Waals surface area contributed by atoms with Gasteiger partial charge >= 0.3 is 11.9 Å². The van der Waals surface area contributed by atoms with Gasteiger partial charge in [-0.15, -0.1) is 0 Å². The summed E-state index contributed by atoms with van der Waals surface area (Å²) in [6.07, 6.45) is 8.40. The zero-order chi connectivity index (χ0) is 12.9. The molecule has 0 aromatic carbocycles. The van der Waals surface area contributed by atoms with E-state index in [9.17, 15) is 9.59 Å². The maximum absolute atomic E-state index is 12.0. The Bertz CT molecular complexity index is 411. The molecule has 0 aromatic rings. The Balaban J connectivity index is 2.00. The quantitative estimate of drug-likeness (QED) is 0.544. The van der Waals surface area contributed by atoms with Crippen LogP contribution in [0.4, 0.5) is 0 Å². The van der Waals surface area contributed by atoms with E-state index in [4.69, 9.17) is 9.47 Å². The summed E-state index contributed by atoms with van der Waals surface area (Å²) in [6.45, 7) is 0. The van der Waals surface area contributed by atoms with Gasteiger partial charge in [-0.3, -0.25) is 9.59 Å². The van der Waals surface area contributed by atoms with E-state index in [0.717, 1.165) is 0 Å². The van der Waals surface area contributed by atoms with Crippen LogP contribution in [0.3, 0.4) is 0 Å². The number of methoxy groups -OCH3 is 2. The second-order valence-corrected chi connectivity index (χ2v) is 5.18. The van der Waals surface area contributed by atoms with Gasteiger partial charge in [0.05, 0.1) is 26.1 Å². The number of carbonyl (C=O) groups is 2. The number of ether oxygens (including phenoxy) is 2. The summed E-state index contributed by atoms with van der Waals surface area (Å²) >= 11 is 0. The first kappa shape index (κ1) is 11.5. The minimum atomic E-state index is -0.399. The van der Waals surface area contributed by atoms with E-state index in [1.807, 2.05) is 0 Å². The minimum absolute atomic E-state index is 0.0709. The van der Waals surface area contributed by atoms with Gasteiger partial charge < -0.3 is 9.47 Å². The fourth-order valence-electron chi connectivity index (χ4n) is 3.73. The molecule has 6 atom stereocenters. The predicted octanol–water partition coefficient (Wildman–Crippen LogP) is 1.18. The monoisotopic (exact) mass is 248 g/mol. The molecule has 1 fully saturated rings. The van der Waals surface area contributed by atoms with Crippen LogP contribution in [0.5, 0.6) is 0 Å². The zero-order valence-electron chi connectivity index (χ0n) is 10.4. The summed E-state index contributed by atoms with van der Waals surface area (Å²) in [5, 5.41) is 0. The fourth-order valence-corrected chi connectivity index (χ4v) is 3.73. The zero-order valence-corrected chi connectivity index (χ0v) is 10.4. The van der Waals surface area contributed by atoms with Crippen LogP contribution in [0.15, 0.2) is 24.3 Å². The molecule has 1 saturated carbocycles. The van der Waals surface area contributed by atoms with Crippen molar-refractivity contribution >= 4 is 11.9 Å². The molecule has 4 aliphatic carbocycles. The van der Waals surface area contributed by atoms with E-state index >= 15 is 0 Å². The average molecular weight is 248 g/mol. The van der Waals surface area contributed by atoms with Gasteiger partial charge in [0.2, 0.25) is 0 Å². The number of rotatable bonds is 2. The van der Waals surface area contributed by atoms with Gasteiger partial charge in [-0.25, -0.2) is 0 Å². The van der Waals surface area contributed by atoms with Crippen molar-refractivity contribution in [3.63, 3.8) is 0 Å². The third-order valence-corrected chi connectivity index (χ3v) is 4.61. The molecule has 0 heterocycles. The normalized spacial score (nSPS) is 43.0. The molecule has 0 amide bonds. The third kappa shape index (κ3) is 1.32. The van der Waals surface area contributed by atoms with E-state index in [0.29, 0.717) is 11.8 Å². The summed E-state index contributed by atoms with van der Waals surface area (Å²) in [7, 11) is 2.74. The molecule has 2 bridgehead atoms. The van der Waals surface area contributed by atoms with E-state index in [-0.39, 0.29) is 23.8 Å². The van der Waals surface area contributed by atoms with Gasteiger partial charge in [0, 0.05) is 0 Å². The van der Waals surface area contributed by atoms with Crippen LogP contribution >= 0.6 is 0 Å². The Labute approximate surface area is 106 Å². The molecule has 4 aliphatic rings. The molecular weight excluding hydrogens is 232 g/mol. The van der Waals surface area contributed by atoms with Crippen molar-refractivity contribution in [1.82, 2.24) is 0 Å². The smallest absolute Gasteiger partial charge is 0.310 e. The lowest BCUT2D eigenvalue weighted by atomic mass is 9.50. The lowest BCUT2D eigenvalue weighted by Crippen LogP contribution is -2.55. The lowest BCUT2D eigenvalue weighted by molar-refractivity contribution is -0.167. The SMILES string of the molecule is COC(=O)[C@@H]1[C@H]2C=C[C@@H]([C@@H]3C=C[C@H]32)[C@@H]1C(=O)OC. The Kier molecular flexibility index (Phi) is 2.54. The average Bonchev–Trinajstić information content (AvgIpc) is 2.35. The molecule has 0 saturated heterocycles. The number of hydrogen-bond donors (Lipinski definition) is 0. The summed E-state index contributed by atoms with van der Waals surface area (Å²) in [5.74, 6) is -0.502. The highest BCUT2D eigenvalue weighted by molar-refractivity contribution is 5.84. The first-order valence-corrected chi connectivity index (χ1v) is 6.21. The van der Waals surface area contributed by atoms with Crippen molar-refractivity contribution in [1.29, 1.82) is 0 Å². The molecule has 0 unspecified atom stereocenters. The molecule has 18 heavy (non-hydrogen) atoms. The topological polar surface area (TPSA) is 52.6 Å². The third-order valence-electron chi connectivity index (χ3n) is 4.61. The van der Waals surface area contributed by atoms with E-state index in [1.54, 1.807) is 0 Å². The van der Waals surface area contributed by atoms with Crippen molar-refractivity contribution in [3.8, 4) is 0 Å². The van der Waals surface area contributed by atoms with Crippen molar-refractivity contribution in [2.24, 2.45) is 35.5 Å². The maximum Gasteiger partial charge on any atom is 0.310 e. The van der Waals surface area contributed by atoms with E-state index < -0.39 is 11.8 Å². The van der Waals surface area contributed by atoms with Gasteiger partial charge in [-0.05, 0) is 23.7 Å². The van der Waals surface area contributed by atoms with Crippen LogP contribution in [-0.4, -0.2) is 26.2 Å². The molecule has 0 aliphatic heterocycles. The number of allylic oxidation sites excluding steroid dienone is 4. The van der Waals surface area contributed by atoms with Crippen LogP contribution in [-0.2, 0) is 19.1 Å². The van der Waals surface area contributed by atoms with Crippen molar-refractivity contribution in [2.75, 3.05) is 14.2 Å². The predicted molar refractivity (Wildman–Crippen MR) is 63.3 cm³/mol. The van der Waals surface area contributed by atoms with Crippen molar-refractivity contribution < 1.29 is 19.1 Å². The second kappa shape index (κ2) is 3.97. The summed E-state index contributed by atoms with van der Waals surface area (Å²) in [6, 6.07) is 0. The molecule has 0 aromatic heterocycles. The Hall–Kier alpha value is -1.58. The molecule has 0 radical (unpaired) electrons. The van der Waals surface area contributed by atoms with Crippen molar-refractivity contribution in [3.05, 3.63) is 24.3 Å². The van der Waals surface area contributed by atoms with E-state index in [2.05, 4.69) is 24.3 Å². The lowest BCUT2D eigenvalue weighted by Gasteiger charge is -2.53. The fraction of sp³-hybridized carbons (Fsp3) is 0.571. The summed E-state index contributed by atoms with van der Waals surface area (Å²) in [5.41, 5.74) is 0. The molecule has 0 N–H and O–H groups in total. The summed E-state index contributed by atoms with van der Waals surface area (Å²) in [4.78, 5) is 24.0. The molecular formula is C14H16O4. The molecule has 4 heteroatoms. The minimum Gasteiger partial charge on any atom is -0.469 e. The van der Waals surface area contributed by atoms with E-state index in [1.165, 1.54) is 14.2 Å². The highest BCUT2D eigenvalue weighted by Gasteiger charge is 2.58. The van der Waals surface area contributed by atoms with Crippen LogP contribution in [0.25, 0.3) is 0 Å². The van der Waals surface area contributed by atoms with Gasteiger partial charge in [-0.2, -0.15) is 0 Å². The first-order valence-electron chi connectivity index (χ1n) is 6.21.